The van der Waals surface area contributed by atoms with Crippen LogP contribution < -0.4 is 5.32 Å². The number of aryl methyl sites for hydroxylation is 2. The van der Waals surface area contributed by atoms with Gasteiger partial charge in [0.2, 0.25) is 0 Å². The summed E-state index contributed by atoms with van der Waals surface area (Å²) in [4.78, 5) is 50.4. The quantitative estimate of drug-likeness (QED) is 0.274. The van der Waals surface area contributed by atoms with Crippen LogP contribution in [0.1, 0.15) is 21.6 Å². The molecule has 0 unspecified atom stereocenters. The molecule has 0 aliphatic rings. The highest BCUT2D eigenvalue weighted by molar-refractivity contribution is 8.01. The Morgan fingerprint density at radius 1 is 1.12 bits per heavy atom. The number of esters is 1. The summed E-state index contributed by atoms with van der Waals surface area (Å²) >= 11 is 2.44. The molecule has 13 heteroatoms. The molecule has 170 valence electrons. The molecule has 1 N–H and O–H groups in total. The SMILES string of the molecule is Cc1csc(Sc2ccc(C(=O)OCC(=O)Nc3c(C)cccc3[N+](=O)[O-])cc2[N+](=O)[O-])n1. The summed E-state index contributed by atoms with van der Waals surface area (Å²) in [6, 6.07) is 8.12. The smallest absolute Gasteiger partial charge is 0.338 e. The number of para-hydroxylation sites is 1. The van der Waals surface area contributed by atoms with Gasteiger partial charge in [0.25, 0.3) is 17.3 Å². The molecule has 33 heavy (non-hydrogen) atoms. The molecule has 1 heterocycles. The zero-order valence-electron chi connectivity index (χ0n) is 17.3. The highest BCUT2D eigenvalue weighted by Crippen LogP contribution is 2.37. The van der Waals surface area contributed by atoms with E-state index in [1.165, 1.54) is 35.6 Å². The first-order valence-electron chi connectivity index (χ1n) is 9.25. The Labute approximate surface area is 195 Å². The zero-order valence-corrected chi connectivity index (χ0v) is 18.9. The van der Waals surface area contributed by atoms with E-state index in [4.69, 9.17) is 4.74 Å². The predicted molar refractivity (Wildman–Crippen MR) is 121 cm³/mol. The Bertz CT molecular complexity index is 1260. The number of hydrogen-bond donors (Lipinski definition) is 1. The van der Waals surface area contributed by atoms with Crippen molar-refractivity contribution in [3.05, 3.63) is 78.8 Å². The topological polar surface area (TPSA) is 155 Å². The van der Waals surface area contributed by atoms with E-state index in [-0.39, 0.29) is 22.6 Å². The van der Waals surface area contributed by atoms with Crippen LogP contribution in [0.4, 0.5) is 17.1 Å². The molecule has 0 saturated carbocycles. The Balaban J connectivity index is 1.69. The van der Waals surface area contributed by atoms with Crippen LogP contribution in [0.2, 0.25) is 0 Å². The van der Waals surface area contributed by atoms with E-state index in [0.717, 1.165) is 23.5 Å². The van der Waals surface area contributed by atoms with Crippen molar-refractivity contribution < 1.29 is 24.2 Å². The average molecular weight is 489 g/mol. The van der Waals surface area contributed by atoms with E-state index in [9.17, 15) is 29.8 Å². The number of aromatic nitrogens is 1. The largest absolute Gasteiger partial charge is 0.452 e. The number of hydrogen-bond acceptors (Lipinski definition) is 10. The fourth-order valence-corrected chi connectivity index (χ4v) is 4.58. The second-order valence-electron chi connectivity index (χ2n) is 6.65. The summed E-state index contributed by atoms with van der Waals surface area (Å²) in [6.45, 7) is 2.66. The van der Waals surface area contributed by atoms with Crippen LogP contribution in [0, 0.1) is 34.1 Å². The zero-order chi connectivity index (χ0) is 24.1. The minimum Gasteiger partial charge on any atom is -0.452 e. The summed E-state index contributed by atoms with van der Waals surface area (Å²) in [5.74, 6) is -1.74. The Kier molecular flexibility index (Phi) is 7.35. The van der Waals surface area contributed by atoms with Gasteiger partial charge >= 0.3 is 5.97 Å². The molecule has 11 nitrogen and oxygen atoms in total. The van der Waals surface area contributed by atoms with Crippen molar-refractivity contribution in [1.29, 1.82) is 0 Å². The van der Waals surface area contributed by atoms with Gasteiger partial charge in [0, 0.05) is 23.2 Å². The fourth-order valence-electron chi connectivity index (χ4n) is 2.70. The maximum absolute atomic E-state index is 12.3. The highest BCUT2D eigenvalue weighted by atomic mass is 32.2. The van der Waals surface area contributed by atoms with E-state index in [2.05, 4.69) is 10.3 Å². The first-order chi connectivity index (χ1) is 15.7. The number of carbonyl (C=O) groups excluding carboxylic acids is 2. The van der Waals surface area contributed by atoms with Gasteiger partial charge in [-0.1, -0.05) is 23.9 Å². The van der Waals surface area contributed by atoms with Crippen LogP contribution in [0.3, 0.4) is 0 Å². The van der Waals surface area contributed by atoms with Crippen molar-refractivity contribution in [2.45, 2.75) is 23.1 Å². The first-order valence-corrected chi connectivity index (χ1v) is 10.9. The monoisotopic (exact) mass is 488 g/mol. The van der Waals surface area contributed by atoms with Gasteiger partial charge in [0.05, 0.1) is 20.3 Å². The number of nitrogens with zero attached hydrogens (tertiary/aromatic N) is 3. The molecule has 0 saturated heterocycles. The van der Waals surface area contributed by atoms with Crippen LogP contribution in [0.15, 0.2) is 51.0 Å². The number of carbonyl (C=O) groups is 2. The Morgan fingerprint density at radius 2 is 1.85 bits per heavy atom. The second-order valence-corrected chi connectivity index (χ2v) is 8.79. The summed E-state index contributed by atoms with van der Waals surface area (Å²) in [5, 5.41) is 26.8. The van der Waals surface area contributed by atoms with Crippen molar-refractivity contribution in [2.75, 3.05) is 11.9 Å². The molecule has 3 rings (SSSR count). The molecule has 1 amide bonds. The van der Waals surface area contributed by atoms with Gasteiger partial charge in [-0.05, 0) is 31.5 Å². The van der Waals surface area contributed by atoms with E-state index in [1.54, 1.807) is 13.0 Å². The minimum absolute atomic E-state index is 0.00186. The van der Waals surface area contributed by atoms with E-state index in [0.29, 0.717) is 14.8 Å². The van der Waals surface area contributed by atoms with Crippen LogP contribution >= 0.6 is 23.1 Å². The predicted octanol–water partition coefficient (Wildman–Crippen LogP) is 4.52. The van der Waals surface area contributed by atoms with Crippen LogP contribution in [-0.2, 0) is 9.53 Å². The molecule has 3 aromatic rings. The van der Waals surface area contributed by atoms with Gasteiger partial charge in [0.15, 0.2) is 10.9 Å². The summed E-state index contributed by atoms with van der Waals surface area (Å²) in [7, 11) is 0. The van der Waals surface area contributed by atoms with Crippen molar-refractivity contribution in [3.8, 4) is 0 Å². The Hall–Kier alpha value is -3.84. The molecule has 1 aromatic heterocycles. The number of nitro benzene ring substituents is 2. The molecular weight excluding hydrogens is 472 g/mol. The third-order valence-electron chi connectivity index (χ3n) is 4.23. The maximum atomic E-state index is 12.3. The molecule has 0 aliphatic heterocycles. The number of rotatable bonds is 8. The third kappa shape index (κ3) is 5.90. The van der Waals surface area contributed by atoms with Crippen LogP contribution in [0.5, 0.6) is 0 Å². The third-order valence-corrected chi connectivity index (χ3v) is 6.35. The average Bonchev–Trinajstić information content (AvgIpc) is 3.17. The molecule has 0 spiro atoms. The van der Waals surface area contributed by atoms with E-state index >= 15 is 0 Å². The first kappa shape index (κ1) is 23.8. The lowest BCUT2D eigenvalue weighted by Crippen LogP contribution is -2.22. The number of nitrogens with one attached hydrogen (secondary N) is 1. The molecule has 0 radical (unpaired) electrons. The number of amides is 1. The van der Waals surface area contributed by atoms with E-state index in [1.807, 2.05) is 12.3 Å². The van der Waals surface area contributed by atoms with Crippen molar-refractivity contribution in [2.24, 2.45) is 0 Å². The second kappa shape index (κ2) is 10.2. The number of thiazole rings is 1. The standard InChI is InChI=1S/C20H16N4O7S2/c1-11-4-3-5-14(23(27)28)18(11)22-17(25)9-31-19(26)13-6-7-16(15(8-13)24(29)30)33-20-21-12(2)10-32-20/h3-8,10H,9H2,1-2H3,(H,22,25). The summed E-state index contributed by atoms with van der Waals surface area (Å²) in [5.41, 5.74) is 0.535. The lowest BCUT2D eigenvalue weighted by Gasteiger charge is -2.09. The number of benzene rings is 2. The number of nitro groups is 2. The normalized spacial score (nSPS) is 10.5. The fraction of sp³-hybridized carbons (Fsp3) is 0.150. The van der Waals surface area contributed by atoms with Gasteiger partial charge < -0.3 is 10.1 Å². The lowest BCUT2D eigenvalue weighted by molar-refractivity contribution is -0.387. The van der Waals surface area contributed by atoms with Crippen molar-refractivity contribution in [3.63, 3.8) is 0 Å². The lowest BCUT2D eigenvalue weighted by atomic mass is 10.1. The minimum atomic E-state index is -0.950. The summed E-state index contributed by atoms with van der Waals surface area (Å²) in [6.07, 6.45) is 0. The highest BCUT2D eigenvalue weighted by Gasteiger charge is 2.22. The van der Waals surface area contributed by atoms with E-state index < -0.39 is 28.3 Å². The van der Waals surface area contributed by atoms with Crippen molar-refractivity contribution in [1.82, 2.24) is 4.98 Å². The molecule has 0 fully saturated rings. The molecule has 0 aliphatic carbocycles. The molecule has 2 aromatic carbocycles. The number of anilines is 1. The van der Waals surface area contributed by atoms with Gasteiger partial charge in [-0.15, -0.1) is 11.3 Å². The van der Waals surface area contributed by atoms with Gasteiger partial charge in [-0.2, -0.15) is 0 Å². The van der Waals surface area contributed by atoms with Crippen LogP contribution in [0.25, 0.3) is 0 Å². The maximum Gasteiger partial charge on any atom is 0.338 e. The van der Waals surface area contributed by atoms with Crippen molar-refractivity contribution >= 4 is 52.0 Å². The summed E-state index contributed by atoms with van der Waals surface area (Å²) < 4.78 is 5.56. The van der Waals surface area contributed by atoms with Gasteiger partial charge in [-0.25, -0.2) is 9.78 Å². The molecular formula is C20H16N4O7S2. The van der Waals surface area contributed by atoms with Crippen LogP contribution in [-0.4, -0.2) is 33.3 Å². The molecule has 0 bridgehead atoms. The van der Waals surface area contributed by atoms with Gasteiger partial charge in [-0.3, -0.25) is 25.0 Å². The molecule has 0 atom stereocenters. The Morgan fingerprint density at radius 3 is 2.48 bits per heavy atom. The van der Waals surface area contributed by atoms with Gasteiger partial charge in [0.1, 0.15) is 5.69 Å². The number of ether oxygens (including phenoxy) is 1.